The number of carbonyl (C=O) groups is 2. The lowest BCUT2D eigenvalue weighted by molar-refractivity contribution is -0.149. The monoisotopic (exact) mass is 215 g/mol. The molecular weight excluding hydrogens is 194 g/mol. The summed E-state index contributed by atoms with van der Waals surface area (Å²) in [6.07, 6.45) is 3.82. The van der Waals surface area contributed by atoms with Crippen molar-refractivity contribution in [3.8, 4) is 0 Å². The quantitative estimate of drug-likeness (QED) is 0.660. The zero-order valence-electron chi connectivity index (χ0n) is 9.82. The lowest BCUT2D eigenvalue weighted by atomic mass is 10.1. The highest BCUT2D eigenvalue weighted by Crippen LogP contribution is 2.10. The molecule has 0 aromatic rings. The number of rotatable bonds is 7. The van der Waals surface area contributed by atoms with Gasteiger partial charge in [0.1, 0.15) is 6.04 Å². The summed E-state index contributed by atoms with van der Waals surface area (Å²) in [4.78, 5) is 23.7. The number of aliphatic carboxylic acids is 1. The minimum atomic E-state index is -0.907. The molecule has 88 valence electrons. The first-order valence-corrected chi connectivity index (χ1v) is 5.53. The third-order valence-electron chi connectivity index (χ3n) is 2.53. The van der Waals surface area contributed by atoms with E-state index in [-0.39, 0.29) is 5.91 Å². The Bertz CT molecular complexity index is 216. The standard InChI is InChI=1S/C11H21NO3/c1-4-6-7-8-9(11(14)15)12(3)10(13)5-2/h9H,4-8H2,1-3H3,(H,14,15). The van der Waals surface area contributed by atoms with Crippen LogP contribution in [0.15, 0.2) is 0 Å². The van der Waals surface area contributed by atoms with Gasteiger partial charge in [0, 0.05) is 13.5 Å². The predicted molar refractivity (Wildman–Crippen MR) is 58.6 cm³/mol. The van der Waals surface area contributed by atoms with Crippen molar-refractivity contribution in [2.24, 2.45) is 0 Å². The number of carboxylic acids is 1. The van der Waals surface area contributed by atoms with Crippen LogP contribution < -0.4 is 0 Å². The van der Waals surface area contributed by atoms with Crippen LogP contribution in [0.3, 0.4) is 0 Å². The Kier molecular flexibility index (Phi) is 6.75. The summed E-state index contributed by atoms with van der Waals surface area (Å²) in [7, 11) is 1.57. The minimum absolute atomic E-state index is 0.112. The van der Waals surface area contributed by atoms with Gasteiger partial charge in [-0.1, -0.05) is 33.1 Å². The number of likely N-dealkylation sites (N-methyl/N-ethyl adjacent to an activating group) is 1. The SMILES string of the molecule is CCCCCC(C(=O)O)N(C)C(=O)CC. The Morgan fingerprint density at radius 2 is 1.87 bits per heavy atom. The second-order valence-corrected chi connectivity index (χ2v) is 3.71. The van der Waals surface area contributed by atoms with Gasteiger partial charge in [-0.05, 0) is 6.42 Å². The highest BCUT2D eigenvalue weighted by molar-refractivity contribution is 5.83. The van der Waals surface area contributed by atoms with Gasteiger partial charge in [-0.2, -0.15) is 0 Å². The molecule has 0 radical (unpaired) electrons. The van der Waals surface area contributed by atoms with Crippen LogP contribution in [0.5, 0.6) is 0 Å². The maximum absolute atomic E-state index is 11.4. The molecule has 1 N–H and O–H groups in total. The highest BCUT2D eigenvalue weighted by Gasteiger charge is 2.24. The first-order valence-electron chi connectivity index (χ1n) is 5.53. The maximum Gasteiger partial charge on any atom is 0.326 e. The fraction of sp³-hybridized carbons (Fsp3) is 0.818. The van der Waals surface area contributed by atoms with Crippen LogP contribution in [-0.4, -0.2) is 35.0 Å². The third-order valence-corrected chi connectivity index (χ3v) is 2.53. The van der Waals surface area contributed by atoms with Gasteiger partial charge < -0.3 is 10.0 Å². The summed E-state index contributed by atoms with van der Waals surface area (Å²) in [6, 6.07) is -0.663. The zero-order valence-corrected chi connectivity index (χ0v) is 9.82. The molecule has 0 fully saturated rings. The van der Waals surface area contributed by atoms with Crippen molar-refractivity contribution in [1.82, 2.24) is 4.90 Å². The first kappa shape index (κ1) is 13.9. The molecule has 1 atom stereocenters. The molecule has 1 unspecified atom stereocenters. The van der Waals surface area contributed by atoms with Crippen LogP contribution in [0, 0.1) is 0 Å². The molecule has 4 heteroatoms. The number of carboxylic acid groups (broad SMARTS) is 1. The molecule has 0 spiro atoms. The molecule has 0 aliphatic rings. The summed E-state index contributed by atoms with van der Waals surface area (Å²) in [6.45, 7) is 3.81. The largest absolute Gasteiger partial charge is 0.480 e. The predicted octanol–water partition coefficient (Wildman–Crippen LogP) is 1.89. The van der Waals surface area contributed by atoms with E-state index in [9.17, 15) is 9.59 Å². The van der Waals surface area contributed by atoms with E-state index in [1.807, 2.05) is 0 Å². The topological polar surface area (TPSA) is 57.6 Å². The summed E-state index contributed by atoms with van der Waals surface area (Å²) >= 11 is 0. The summed E-state index contributed by atoms with van der Waals surface area (Å²) < 4.78 is 0. The molecule has 0 aliphatic carbocycles. The lowest BCUT2D eigenvalue weighted by Gasteiger charge is -2.24. The second-order valence-electron chi connectivity index (χ2n) is 3.71. The van der Waals surface area contributed by atoms with Gasteiger partial charge in [-0.3, -0.25) is 4.79 Å². The smallest absolute Gasteiger partial charge is 0.326 e. The minimum Gasteiger partial charge on any atom is -0.480 e. The van der Waals surface area contributed by atoms with Crippen molar-refractivity contribution < 1.29 is 14.7 Å². The molecular formula is C11H21NO3. The van der Waals surface area contributed by atoms with Gasteiger partial charge in [-0.25, -0.2) is 4.79 Å². The molecule has 0 aliphatic heterocycles. The van der Waals surface area contributed by atoms with Crippen LogP contribution in [-0.2, 0) is 9.59 Å². The van der Waals surface area contributed by atoms with Gasteiger partial charge in [0.05, 0.1) is 0 Å². The van der Waals surface area contributed by atoms with Crippen LogP contribution in [0.25, 0.3) is 0 Å². The number of hydrogen-bond acceptors (Lipinski definition) is 2. The molecule has 0 aromatic heterocycles. The summed E-state index contributed by atoms with van der Waals surface area (Å²) in [5, 5.41) is 8.99. The average Bonchev–Trinajstić information content (AvgIpc) is 2.22. The number of amides is 1. The fourth-order valence-electron chi connectivity index (χ4n) is 1.49. The Hall–Kier alpha value is -1.06. The van der Waals surface area contributed by atoms with E-state index in [0.717, 1.165) is 19.3 Å². The fourth-order valence-corrected chi connectivity index (χ4v) is 1.49. The molecule has 0 saturated carbocycles. The van der Waals surface area contributed by atoms with Crippen LogP contribution in [0.1, 0.15) is 46.0 Å². The van der Waals surface area contributed by atoms with Crippen molar-refractivity contribution in [2.45, 2.75) is 52.0 Å². The van der Waals surface area contributed by atoms with Gasteiger partial charge >= 0.3 is 5.97 Å². The normalized spacial score (nSPS) is 12.2. The van der Waals surface area contributed by atoms with Crippen molar-refractivity contribution >= 4 is 11.9 Å². The van der Waals surface area contributed by atoms with Crippen LogP contribution in [0.4, 0.5) is 0 Å². The summed E-state index contributed by atoms with van der Waals surface area (Å²) in [5.74, 6) is -1.02. The molecule has 4 nitrogen and oxygen atoms in total. The molecule has 0 saturated heterocycles. The van der Waals surface area contributed by atoms with Gasteiger partial charge in [0.2, 0.25) is 5.91 Å². The molecule has 0 rings (SSSR count). The highest BCUT2D eigenvalue weighted by atomic mass is 16.4. The van der Waals surface area contributed by atoms with E-state index in [0.29, 0.717) is 12.8 Å². The van der Waals surface area contributed by atoms with Gasteiger partial charge in [0.25, 0.3) is 0 Å². The second kappa shape index (κ2) is 7.26. The van der Waals surface area contributed by atoms with E-state index >= 15 is 0 Å². The van der Waals surface area contributed by atoms with Crippen molar-refractivity contribution in [3.63, 3.8) is 0 Å². The average molecular weight is 215 g/mol. The number of nitrogens with zero attached hydrogens (tertiary/aromatic N) is 1. The zero-order chi connectivity index (χ0) is 11.8. The maximum atomic E-state index is 11.4. The Balaban J connectivity index is 4.25. The number of unbranched alkanes of at least 4 members (excludes halogenated alkanes) is 2. The molecule has 0 heterocycles. The van der Waals surface area contributed by atoms with E-state index in [4.69, 9.17) is 5.11 Å². The van der Waals surface area contributed by atoms with Crippen LogP contribution in [0.2, 0.25) is 0 Å². The van der Waals surface area contributed by atoms with Gasteiger partial charge in [0.15, 0.2) is 0 Å². The Labute approximate surface area is 91.3 Å². The van der Waals surface area contributed by atoms with Crippen LogP contribution >= 0.6 is 0 Å². The van der Waals surface area contributed by atoms with Gasteiger partial charge in [-0.15, -0.1) is 0 Å². The molecule has 1 amide bonds. The van der Waals surface area contributed by atoms with Crippen molar-refractivity contribution in [1.29, 1.82) is 0 Å². The molecule has 0 aromatic carbocycles. The van der Waals surface area contributed by atoms with Crippen molar-refractivity contribution in [2.75, 3.05) is 7.05 Å². The molecule has 0 bridgehead atoms. The number of hydrogen-bond donors (Lipinski definition) is 1. The van der Waals surface area contributed by atoms with E-state index in [1.165, 1.54) is 4.90 Å². The Morgan fingerprint density at radius 1 is 1.27 bits per heavy atom. The number of carbonyl (C=O) groups excluding carboxylic acids is 1. The van der Waals surface area contributed by atoms with E-state index in [2.05, 4.69) is 6.92 Å². The molecule has 15 heavy (non-hydrogen) atoms. The van der Waals surface area contributed by atoms with E-state index in [1.54, 1.807) is 14.0 Å². The Morgan fingerprint density at radius 3 is 2.27 bits per heavy atom. The third kappa shape index (κ3) is 4.81. The summed E-state index contributed by atoms with van der Waals surface area (Å²) in [5.41, 5.74) is 0. The lowest BCUT2D eigenvalue weighted by Crippen LogP contribution is -2.42. The van der Waals surface area contributed by atoms with E-state index < -0.39 is 12.0 Å². The first-order chi connectivity index (χ1) is 7.04. The van der Waals surface area contributed by atoms with Crippen molar-refractivity contribution in [3.05, 3.63) is 0 Å².